The van der Waals surface area contributed by atoms with Gasteiger partial charge in [-0.3, -0.25) is 4.79 Å². The van der Waals surface area contributed by atoms with Gasteiger partial charge in [0.05, 0.1) is 0 Å². The summed E-state index contributed by atoms with van der Waals surface area (Å²) in [6.45, 7) is 6.08. The van der Waals surface area contributed by atoms with Gasteiger partial charge in [0.25, 0.3) is 5.91 Å². The topological polar surface area (TPSA) is 74.5 Å². The third kappa shape index (κ3) is 3.85. The third-order valence-corrected chi connectivity index (χ3v) is 4.72. The van der Waals surface area contributed by atoms with E-state index in [9.17, 15) is 4.79 Å². The fourth-order valence-corrected chi connectivity index (χ4v) is 3.59. The number of rotatable bonds is 4. The number of anilines is 2. The smallest absolute Gasteiger partial charge is 0.267 e. The molecule has 2 rings (SSSR count). The molecule has 6 nitrogen and oxygen atoms in total. The van der Waals surface area contributed by atoms with Crippen LogP contribution >= 0.6 is 11.3 Å². The van der Waals surface area contributed by atoms with E-state index in [1.165, 1.54) is 11.3 Å². The second-order valence-corrected chi connectivity index (χ2v) is 7.01. The molecular formula is C14H25N5OS. The number of thiazole rings is 1. The van der Waals surface area contributed by atoms with Gasteiger partial charge in [-0.25, -0.2) is 4.98 Å². The molecule has 7 heteroatoms. The van der Waals surface area contributed by atoms with Crippen molar-refractivity contribution in [2.75, 3.05) is 38.2 Å². The summed E-state index contributed by atoms with van der Waals surface area (Å²) in [6.07, 6.45) is 2.17. The number of piperidine rings is 1. The normalized spacial score (nSPS) is 19.8. The van der Waals surface area contributed by atoms with Gasteiger partial charge in [0.1, 0.15) is 10.7 Å². The Morgan fingerprint density at radius 3 is 2.90 bits per heavy atom. The first kappa shape index (κ1) is 16.0. The monoisotopic (exact) mass is 311 g/mol. The minimum Gasteiger partial charge on any atom is -0.382 e. The minimum atomic E-state index is -0.0258. The average molecular weight is 311 g/mol. The van der Waals surface area contributed by atoms with Crippen molar-refractivity contribution < 1.29 is 4.79 Å². The number of nitrogens with one attached hydrogen (secondary N) is 1. The van der Waals surface area contributed by atoms with Gasteiger partial charge in [-0.2, -0.15) is 0 Å². The summed E-state index contributed by atoms with van der Waals surface area (Å²) in [6, 6.07) is 0.516. The lowest BCUT2D eigenvalue weighted by atomic mass is 10.0. The van der Waals surface area contributed by atoms with Crippen molar-refractivity contribution in [3.63, 3.8) is 0 Å². The van der Waals surface area contributed by atoms with Gasteiger partial charge in [-0.1, -0.05) is 11.3 Å². The van der Waals surface area contributed by atoms with E-state index in [0.717, 1.165) is 25.9 Å². The molecule has 1 aromatic heterocycles. The van der Waals surface area contributed by atoms with E-state index in [1.54, 1.807) is 0 Å². The standard InChI is InChI=1S/C14H25N5OS/c1-9(2)16-14-17-12(15)11(21-14)13(20)19(4)10-6-5-7-18(3)8-10/h9-10H,5-8,15H2,1-4H3,(H,16,17). The fraction of sp³-hybridized carbons (Fsp3) is 0.714. The fourth-order valence-electron chi connectivity index (χ4n) is 2.58. The minimum absolute atomic E-state index is 0.0258. The van der Waals surface area contributed by atoms with E-state index in [1.807, 2.05) is 25.8 Å². The van der Waals surface area contributed by atoms with Crippen molar-refractivity contribution >= 4 is 28.2 Å². The van der Waals surface area contributed by atoms with E-state index in [2.05, 4.69) is 22.2 Å². The molecule has 1 unspecified atom stereocenters. The van der Waals surface area contributed by atoms with Gasteiger partial charge in [0, 0.05) is 25.7 Å². The van der Waals surface area contributed by atoms with Gasteiger partial charge in [-0.05, 0) is 40.3 Å². The van der Waals surface area contributed by atoms with Crippen LogP contribution in [-0.2, 0) is 0 Å². The van der Waals surface area contributed by atoms with Gasteiger partial charge < -0.3 is 20.9 Å². The quantitative estimate of drug-likeness (QED) is 0.885. The second kappa shape index (κ2) is 6.62. The highest BCUT2D eigenvalue weighted by atomic mass is 32.1. The van der Waals surface area contributed by atoms with Crippen molar-refractivity contribution in [1.29, 1.82) is 0 Å². The number of nitrogens with zero attached hydrogens (tertiary/aromatic N) is 3. The van der Waals surface area contributed by atoms with Crippen LogP contribution in [0.4, 0.5) is 10.9 Å². The van der Waals surface area contributed by atoms with E-state index >= 15 is 0 Å². The number of nitrogen functional groups attached to an aromatic ring is 1. The van der Waals surface area contributed by atoms with Crippen LogP contribution in [-0.4, -0.2) is 60.0 Å². The average Bonchev–Trinajstić information content (AvgIpc) is 2.77. The lowest BCUT2D eigenvalue weighted by molar-refractivity contribution is 0.0649. The summed E-state index contributed by atoms with van der Waals surface area (Å²) in [5.41, 5.74) is 5.91. The highest BCUT2D eigenvalue weighted by Crippen LogP contribution is 2.28. The maximum absolute atomic E-state index is 12.6. The largest absolute Gasteiger partial charge is 0.382 e. The van der Waals surface area contributed by atoms with Crippen LogP contribution in [0.2, 0.25) is 0 Å². The van der Waals surface area contributed by atoms with Crippen molar-refractivity contribution in [3.05, 3.63) is 4.88 Å². The Kier molecular flexibility index (Phi) is 5.05. The predicted molar refractivity (Wildman–Crippen MR) is 87.9 cm³/mol. The zero-order chi connectivity index (χ0) is 15.6. The first-order valence-electron chi connectivity index (χ1n) is 7.37. The second-order valence-electron chi connectivity index (χ2n) is 6.01. The van der Waals surface area contributed by atoms with Gasteiger partial charge >= 0.3 is 0 Å². The van der Waals surface area contributed by atoms with Gasteiger partial charge in [0.2, 0.25) is 0 Å². The van der Waals surface area contributed by atoms with Crippen LogP contribution < -0.4 is 11.1 Å². The van der Waals surface area contributed by atoms with Crippen LogP contribution in [0.1, 0.15) is 36.4 Å². The molecule has 21 heavy (non-hydrogen) atoms. The number of carbonyl (C=O) groups is 1. The summed E-state index contributed by atoms with van der Waals surface area (Å²) < 4.78 is 0. The molecule has 118 valence electrons. The zero-order valence-corrected chi connectivity index (χ0v) is 14.0. The number of amides is 1. The summed E-state index contributed by atoms with van der Waals surface area (Å²) in [4.78, 5) is 21.5. The Hall–Kier alpha value is -1.34. The zero-order valence-electron chi connectivity index (χ0n) is 13.2. The molecule has 1 saturated heterocycles. The maximum Gasteiger partial charge on any atom is 0.267 e. The lowest BCUT2D eigenvalue weighted by Gasteiger charge is -2.35. The molecule has 0 spiro atoms. The van der Waals surface area contributed by atoms with Crippen LogP contribution in [0.15, 0.2) is 0 Å². The summed E-state index contributed by atoms with van der Waals surface area (Å²) in [7, 11) is 3.96. The van der Waals surface area contributed by atoms with Crippen LogP contribution in [0.5, 0.6) is 0 Å². The van der Waals surface area contributed by atoms with E-state index in [-0.39, 0.29) is 18.0 Å². The molecule has 0 bridgehead atoms. The Morgan fingerprint density at radius 1 is 1.57 bits per heavy atom. The third-order valence-electron chi connectivity index (χ3n) is 3.73. The van der Waals surface area contributed by atoms with Crippen LogP contribution in [0.25, 0.3) is 0 Å². The number of carbonyl (C=O) groups excluding carboxylic acids is 1. The van der Waals surface area contributed by atoms with Gasteiger partial charge in [0.15, 0.2) is 5.13 Å². The molecule has 2 heterocycles. The van der Waals surface area contributed by atoms with E-state index in [0.29, 0.717) is 15.8 Å². The molecule has 0 radical (unpaired) electrons. The number of aromatic nitrogens is 1. The molecule has 3 N–H and O–H groups in total. The molecular weight excluding hydrogens is 286 g/mol. The summed E-state index contributed by atoms with van der Waals surface area (Å²) in [5.74, 6) is 0.297. The highest BCUT2D eigenvalue weighted by Gasteiger charge is 2.28. The molecule has 1 aromatic rings. The van der Waals surface area contributed by atoms with Crippen molar-refractivity contribution in [2.45, 2.75) is 38.8 Å². The summed E-state index contributed by atoms with van der Waals surface area (Å²) in [5, 5.41) is 3.90. The SMILES string of the molecule is CC(C)Nc1nc(N)c(C(=O)N(C)C2CCCN(C)C2)s1. The molecule has 0 aromatic carbocycles. The summed E-state index contributed by atoms with van der Waals surface area (Å²) >= 11 is 1.34. The Labute approximate surface area is 130 Å². The first-order valence-corrected chi connectivity index (χ1v) is 8.18. The lowest BCUT2D eigenvalue weighted by Crippen LogP contribution is -2.47. The number of likely N-dealkylation sites (N-methyl/N-ethyl adjacent to an activating group) is 2. The molecule has 1 amide bonds. The van der Waals surface area contributed by atoms with Crippen molar-refractivity contribution in [2.24, 2.45) is 0 Å². The highest BCUT2D eigenvalue weighted by molar-refractivity contribution is 7.18. The van der Waals surface area contributed by atoms with Crippen LogP contribution in [0, 0.1) is 0 Å². The molecule has 1 aliphatic heterocycles. The Balaban J connectivity index is 2.09. The first-order chi connectivity index (χ1) is 9.88. The number of likely N-dealkylation sites (tertiary alicyclic amines) is 1. The van der Waals surface area contributed by atoms with Crippen LogP contribution in [0.3, 0.4) is 0 Å². The van der Waals surface area contributed by atoms with Gasteiger partial charge in [-0.15, -0.1) is 0 Å². The number of hydrogen-bond donors (Lipinski definition) is 2. The van der Waals surface area contributed by atoms with E-state index < -0.39 is 0 Å². The number of hydrogen-bond acceptors (Lipinski definition) is 6. The maximum atomic E-state index is 12.6. The Morgan fingerprint density at radius 2 is 2.29 bits per heavy atom. The van der Waals surface area contributed by atoms with E-state index in [4.69, 9.17) is 5.73 Å². The molecule has 1 atom stereocenters. The Bertz CT molecular complexity index is 502. The molecule has 0 aliphatic carbocycles. The molecule has 1 aliphatic rings. The number of nitrogens with two attached hydrogens (primary N) is 1. The van der Waals surface area contributed by atoms with Crippen molar-refractivity contribution in [1.82, 2.24) is 14.8 Å². The predicted octanol–water partition coefficient (Wildman–Crippen LogP) is 1.71. The molecule has 0 saturated carbocycles. The van der Waals surface area contributed by atoms with Crippen molar-refractivity contribution in [3.8, 4) is 0 Å². The molecule has 1 fully saturated rings.